The first-order chi connectivity index (χ1) is 23.4. The van der Waals surface area contributed by atoms with Gasteiger partial charge < -0.3 is 9.47 Å². The van der Waals surface area contributed by atoms with Crippen molar-refractivity contribution >= 4 is 35.5 Å². The molecule has 0 saturated carbocycles. The monoisotopic (exact) mass is 670 g/mol. The van der Waals surface area contributed by atoms with Crippen LogP contribution >= 0.6 is 23.5 Å². The van der Waals surface area contributed by atoms with Gasteiger partial charge in [-0.1, -0.05) is 62.8 Å². The molecule has 4 aromatic rings. The summed E-state index contributed by atoms with van der Waals surface area (Å²) in [6.07, 6.45) is 4.16. The van der Waals surface area contributed by atoms with Gasteiger partial charge >= 0.3 is 11.9 Å². The summed E-state index contributed by atoms with van der Waals surface area (Å²) in [5, 5.41) is 0. The van der Waals surface area contributed by atoms with Gasteiger partial charge in [-0.25, -0.2) is 9.59 Å². The van der Waals surface area contributed by atoms with Gasteiger partial charge in [0.15, 0.2) is 0 Å². The van der Waals surface area contributed by atoms with Crippen molar-refractivity contribution in [2.75, 3.05) is 24.7 Å². The van der Waals surface area contributed by atoms with Crippen molar-refractivity contribution < 1.29 is 19.1 Å². The number of esters is 2. The maximum absolute atomic E-state index is 11.2. The quantitative estimate of drug-likeness (QED) is 0.0466. The van der Waals surface area contributed by atoms with Crippen LogP contribution in [0.1, 0.15) is 47.2 Å². The van der Waals surface area contributed by atoms with E-state index in [-0.39, 0.29) is 0 Å². The fourth-order valence-electron chi connectivity index (χ4n) is 4.77. The second-order valence-corrected chi connectivity index (χ2v) is 12.8. The maximum atomic E-state index is 11.2. The Bertz CT molecular complexity index is 1830. The first-order valence-corrected chi connectivity index (χ1v) is 17.7. The molecule has 0 amide bonds. The number of carbonyl (C=O) groups is 2. The summed E-state index contributed by atoms with van der Waals surface area (Å²) in [6.45, 7) is 11.9. The average molecular weight is 671 g/mol. The predicted molar refractivity (Wildman–Crippen MR) is 199 cm³/mol. The van der Waals surface area contributed by atoms with Crippen molar-refractivity contribution in [3.05, 3.63) is 144 Å². The minimum absolute atomic E-state index is 0.348. The molecule has 0 radical (unpaired) electrons. The summed E-state index contributed by atoms with van der Waals surface area (Å²) >= 11 is 3.26. The number of rotatable bonds is 13. The Morgan fingerprint density at radius 3 is 1.35 bits per heavy atom. The second-order valence-electron chi connectivity index (χ2n) is 10.4. The summed E-state index contributed by atoms with van der Waals surface area (Å²) in [5.41, 5.74) is 8.87. The minimum atomic E-state index is -0.399. The number of hydrogen-bond acceptors (Lipinski definition) is 6. The fourth-order valence-corrected chi connectivity index (χ4v) is 6.23. The highest BCUT2D eigenvalue weighted by atomic mass is 32.2. The third-order valence-corrected chi connectivity index (χ3v) is 9.13. The van der Waals surface area contributed by atoms with Gasteiger partial charge in [-0.2, -0.15) is 0 Å². The number of ether oxygens (including phenoxy) is 2. The van der Waals surface area contributed by atoms with E-state index in [1.54, 1.807) is 23.5 Å². The molecule has 0 bridgehead atoms. The number of aryl methyl sites for hydroxylation is 2. The topological polar surface area (TPSA) is 52.6 Å². The van der Waals surface area contributed by atoms with E-state index in [0.717, 1.165) is 44.9 Å². The number of carbonyl (C=O) groups excluding carboxylic acids is 2. The van der Waals surface area contributed by atoms with Crippen LogP contribution in [-0.4, -0.2) is 36.7 Å². The van der Waals surface area contributed by atoms with Crippen LogP contribution in [0, 0.1) is 23.7 Å². The molecule has 4 nitrogen and oxygen atoms in total. The molecular formula is C42H38O4S2. The molecular weight excluding hydrogens is 633 g/mol. The van der Waals surface area contributed by atoms with Gasteiger partial charge in [0, 0.05) is 55.7 Å². The molecule has 0 N–H and O–H groups in total. The zero-order valence-corrected chi connectivity index (χ0v) is 29.0. The smallest absolute Gasteiger partial charge is 0.330 e. The van der Waals surface area contributed by atoms with Gasteiger partial charge in [-0.15, -0.1) is 23.5 Å². The molecule has 4 rings (SSSR count). The molecule has 0 heterocycles. The Hall–Kier alpha value is -4.88. The van der Waals surface area contributed by atoms with E-state index in [2.05, 4.69) is 87.1 Å². The van der Waals surface area contributed by atoms with Crippen LogP contribution in [0.5, 0.6) is 0 Å². The van der Waals surface area contributed by atoms with Crippen LogP contribution in [0.25, 0.3) is 11.1 Å². The fraction of sp³-hybridized carbons (Fsp3) is 0.190. The first kappa shape index (κ1) is 36.0. The lowest BCUT2D eigenvalue weighted by Crippen LogP contribution is -2.03. The summed E-state index contributed by atoms with van der Waals surface area (Å²) in [7, 11) is 0. The molecule has 0 spiro atoms. The van der Waals surface area contributed by atoms with E-state index >= 15 is 0 Å². The normalized spacial score (nSPS) is 10.1. The highest BCUT2D eigenvalue weighted by Gasteiger charge is 2.11. The largest absolute Gasteiger partial charge is 0.462 e. The molecule has 0 unspecified atom stereocenters. The van der Waals surface area contributed by atoms with Gasteiger partial charge in [-0.3, -0.25) is 0 Å². The van der Waals surface area contributed by atoms with Crippen LogP contribution in [0.4, 0.5) is 0 Å². The van der Waals surface area contributed by atoms with Crippen LogP contribution in [0.3, 0.4) is 0 Å². The van der Waals surface area contributed by atoms with Crippen molar-refractivity contribution in [3.63, 3.8) is 0 Å². The van der Waals surface area contributed by atoms with Crippen molar-refractivity contribution in [2.24, 2.45) is 0 Å². The van der Waals surface area contributed by atoms with Gasteiger partial charge in [0.2, 0.25) is 0 Å². The molecule has 4 aromatic carbocycles. The predicted octanol–water partition coefficient (Wildman–Crippen LogP) is 8.92. The summed E-state index contributed by atoms with van der Waals surface area (Å²) in [5.74, 6) is 13.8. The van der Waals surface area contributed by atoms with Gasteiger partial charge in [-0.05, 0) is 108 Å². The maximum Gasteiger partial charge on any atom is 0.330 e. The zero-order chi connectivity index (χ0) is 34.1. The SMILES string of the molecule is C=CC(=O)OCCSc1ccc(C#Cc2ccc(-c3c(CC)cc(C#Cc4ccc(SCCOC(=O)C=C)cc4)cc3CC)cc2)cc1. The molecule has 0 atom stereocenters. The van der Waals surface area contributed by atoms with Crippen molar-refractivity contribution in [1.82, 2.24) is 0 Å². The van der Waals surface area contributed by atoms with Crippen molar-refractivity contribution in [1.29, 1.82) is 0 Å². The second kappa shape index (κ2) is 19.1. The first-order valence-electron chi connectivity index (χ1n) is 15.8. The Balaban J connectivity index is 1.40. The van der Waals surface area contributed by atoms with Crippen LogP contribution < -0.4 is 0 Å². The highest BCUT2D eigenvalue weighted by molar-refractivity contribution is 7.99. The minimum Gasteiger partial charge on any atom is -0.462 e. The Kier molecular flexibility index (Phi) is 14.3. The Morgan fingerprint density at radius 1 is 0.604 bits per heavy atom. The molecule has 6 heteroatoms. The van der Waals surface area contributed by atoms with Crippen LogP contribution in [0.15, 0.2) is 120 Å². The highest BCUT2D eigenvalue weighted by Crippen LogP contribution is 2.31. The third kappa shape index (κ3) is 11.1. The van der Waals surface area contributed by atoms with E-state index in [9.17, 15) is 9.59 Å². The molecule has 48 heavy (non-hydrogen) atoms. The van der Waals surface area contributed by atoms with Gasteiger partial charge in [0.05, 0.1) is 0 Å². The number of thioether (sulfide) groups is 2. The molecule has 0 aliphatic heterocycles. The van der Waals surface area contributed by atoms with Gasteiger partial charge in [0.25, 0.3) is 0 Å². The van der Waals surface area contributed by atoms with E-state index in [0.29, 0.717) is 24.7 Å². The summed E-state index contributed by atoms with van der Waals surface area (Å²) in [4.78, 5) is 24.5. The lowest BCUT2D eigenvalue weighted by Gasteiger charge is -2.15. The number of benzene rings is 4. The molecule has 0 aromatic heterocycles. The molecule has 0 fully saturated rings. The Morgan fingerprint density at radius 2 is 0.979 bits per heavy atom. The summed E-state index contributed by atoms with van der Waals surface area (Å²) < 4.78 is 10.1. The molecule has 0 aliphatic carbocycles. The molecule has 0 aliphatic rings. The van der Waals surface area contributed by atoms with E-state index < -0.39 is 11.9 Å². The van der Waals surface area contributed by atoms with Gasteiger partial charge in [0.1, 0.15) is 13.2 Å². The molecule has 0 saturated heterocycles. The summed E-state index contributed by atoms with van der Waals surface area (Å²) in [6, 6.07) is 29.1. The average Bonchev–Trinajstić information content (AvgIpc) is 3.13. The lowest BCUT2D eigenvalue weighted by molar-refractivity contribution is -0.138. The van der Waals surface area contributed by atoms with Crippen LogP contribution in [-0.2, 0) is 31.9 Å². The third-order valence-electron chi connectivity index (χ3n) is 7.17. The zero-order valence-electron chi connectivity index (χ0n) is 27.3. The standard InChI is InChI=1S/C42H38O4S2/c1-5-35-29-34(12-11-33-17-23-39(24-18-33)48-28-26-46-41(44)8-4)30-36(6-2)42(35)37-19-13-31(14-20-37)9-10-32-15-21-38(22-16-32)47-27-25-45-40(43)7-3/h7-8,13-24,29-30H,3-6,25-28H2,1-2H3. The van der Waals surface area contributed by atoms with E-state index in [1.165, 1.54) is 34.4 Å². The Labute approximate surface area is 293 Å². The van der Waals surface area contributed by atoms with Crippen molar-refractivity contribution in [2.45, 2.75) is 36.5 Å². The van der Waals surface area contributed by atoms with E-state index in [4.69, 9.17) is 9.47 Å². The van der Waals surface area contributed by atoms with Crippen molar-refractivity contribution in [3.8, 4) is 34.8 Å². The lowest BCUT2D eigenvalue weighted by atomic mass is 9.89. The molecule has 242 valence electrons. The number of hydrogen-bond donors (Lipinski definition) is 0. The van der Waals surface area contributed by atoms with Crippen LogP contribution in [0.2, 0.25) is 0 Å². The van der Waals surface area contributed by atoms with E-state index in [1.807, 2.05) is 48.5 Å².